The fourth-order valence-corrected chi connectivity index (χ4v) is 6.51. The van der Waals surface area contributed by atoms with Gasteiger partial charge in [-0.1, -0.05) is 45.4 Å². The van der Waals surface area contributed by atoms with Crippen LogP contribution in [0.15, 0.2) is 0 Å². The minimum atomic E-state index is -0.670. The quantitative estimate of drug-likeness (QED) is 0.395. The maximum atomic E-state index is 10.3. The largest absolute Gasteiger partial charge is 0.481 e. The van der Waals surface area contributed by atoms with E-state index in [4.69, 9.17) is 13.3 Å². The van der Waals surface area contributed by atoms with E-state index in [1.165, 1.54) is 32.1 Å². The van der Waals surface area contributed by atoms with E-state index in [2.05, 4.69) is 6.92 Å². The average Bonchev–Trinajstić information content (AvgIpc) is 2.32. The number of hydrogen-bond donors (Lipinski definition) is 1. The number of carboxylic acid groups (broad SMARTS) is 1. The summed E-state index contributed by atoms with van der Waals surface area (Å²) in [5.74, 6) is -0.670. The summed E-state index contributed by atoms with van der Waals surface area (Å²) in [6.45, 7) is 2.29. The van der Waals surface area contributed by atoms with Gasteiger partial charge in [0.15, 0.2) is 9.76 Å². The molecule has 0 radical (unpaired) electrons. The molecular weight excluding hydrogens is 280 g/mol. The molecule has 0 aliphatic heterocycles. The van der Waals surface area contributed by atoms with Crippen LogP contribution in [0.2, 0.25) is 5.54 Å². The number of carboxylic acids is 1. The van der Waals surface area contributed by atoms with Crippen LogP contribution >= 0.6 is 0 Å². The predicted octanol–water partition coefficient (Wildman–Crippen LogP) is 0.396. The molecule has 0 aliphatic carbocycles. The summed E-state index contributed by atoms with van der Waals surface area (Å²) < 4.78 is 10.7. The summed E-state index contributed by atoms with van der Waals surface area (Å²) in [5, 5.41) is 8.49. The molecule has 1 atom stereocenters. The molecule has 0 rings (SSSR count). The van der Waals surface area contributed by atoms with Crippen LogP contribution in [-0.2, 0) is 13.0 Å². The van der Waals surface area contributed by atoms with Gasteiger partial charge in [0.05, 0.1) is 0 Å². The van der Waals surface area contributed by atoms with Crippen molar-refractivity contribution in [3.8, 4) is 0 Å². The second kappa shape index (κ2) is 13.5. The van der Waals surface area contributed by atoms with Gasteiger partial charge in [0.1, 0.15) is 10.5 Å². The first-order valence-electron chi connectivity index (χ1n) is 6.95. The van der Waals surface area contributed by atoms with Gasteiger partial charge in [-0.05, 0) is 12.0 Å². The molecule has 108 valence electrons. The van der Waals surface area contributed by atoms with Gasteiger partial charge in [-0.2, -0.15) is 0 Å². The molecular formula is C11H28O4Si3. The summed E-state index contributed by atoms with van der Waals surface area (Å²) in [6.07, 6.45) is 8.49. The summed E-state index contributed by atoms with van der Waals surface area (Å²) in [7, 11) is -0.109. The van der Waals surface area contributed by atoms with Gasteiger partial charge in [0, 0.05) is 6.42 Å². The highest BCUT2D eigenvalue weighted by Crippen LogP contribution is 2.15. The lowest BCUT2D eigenvalue weighted by atomic mass is 10.1. The smallest absolute Gasteiger partial charge is 0.303 e. The second-order valence-electron chi connectivity index (χ2n) is 4.94. The molecule has 0 saturated carbocycles. The lowest BCUT2D eigenvalue weighted by molar-refractivity contribution is -0.137. The van der Waals surface area contributed by atoms with Crippen molar-refractivity contribution >= 4 is 36.2 Å². The molecule has 0 spiro atoms. The summed E-state index contributed by atoms with van der Waals surface area (Å²) in [6, 6.07) is 0. The number of aliphatic carboxylic acids is 1. The SMILES string of the molecule is CC(CCCCCCCCC(=O)O)[SiH2]O[SiH2]O[SiH3]. The minimum Gasteiger partial charge on any atom is -0.481 e. The molecule has 0 aliphatic rings. The average molecular weight is 309 g/mol. The number of hydrogen-bond acceptors (Lipinski definition) is 3. The van der Waals surface area contributed by atoms with E-state index in [1.54, 1.807) is 0 Å². The minimum absolute atomic E-state index is 0.326. The Hall–Kier alpha value is 0.0406. The third kappa shape index (κ3) is 14.1. The van der Waals surface area contributed by atoms with Crippen molar-refractivity contribution in [2.24, 2.45) is 0 Å². The number of carbonyl (C=O) groups is 1. The molecule has 0 aromatic rings. The molecule has 0 aromatic carbocycles. The van der Waals surface area contributed by atoms with Crippen molar-refractivity contribution in [3.63, 3.8) is 0 Å². The lowest BCUT2D eigenvalue weighted by Crippen LogP contribution is -2.10. The van der Waals surface area contributed by atoms with E-state index in [-0.39, 0.29) is 9.76 Å². The zero-order valence-electron chi connectivity index (χ0n) is 11.8. The zero-order valence-corrected chi connectivity index (χ0v) is 16.6. The van der Waals surface area contributed by atoms with Crippen LogP contribution in [0, 0.1) is 0 Å². The molecule has 0 saturated heterocycles. The summed E-state index contributed by atoms with van der Waals surface area (Å²) in [4.78, 5) is 10.3. The van der Waals surface area contributed by atoms with Crippen LogP contribution < -0.4 is 0 Å². The van der Waals surface area contributed by atoms with Crippen molar-refractivity contribution in [1.82, 2.24) is 0 Å². The van der Waals surface area contributed by atoms with E-state index >= 15 is 0 Å². The molecule has 18 heavy (non-hydrogen) atoms. The Bertz CT molecular complexity index is 205. The molecule has 7 heteroatoms. The third-order valence-electron chi connectivity index (χ3n) is 2.94. The Kier molecular flexibility index (Phi) is 13.5. The molecule has 0 heterocycles. The van der Waals surface area contributed by atoms with Gasteiger partial charge >= 0.3 is 5.97 Å². The first-order valence-corrected chi connectivity index (χ1v) is 10.3. The highest BCUT2D eigenvalue weighted by molar-refractivity contribution is 6.42. The fraction of sp³-hybridized carbons (Fsp3) is 0.909. The molecule has 4 nitrogen and oxygen atoms in total. The van der Waals surface area contributed by atoms with Gasteiger partial charge in [-0.15, -0.1) is 0 Å². The summed E-state index contributed by atoms with van der Waals surface area (Å²) >= 11 is 0. The van der Waals surface area contributed by atoms with Gasteiger partial charge in [-0.3, -0.25) is 4.79 Å². The first kappa shape index (κ1) is 18.0. The molecule has 1 N–H and O–H groups in total. The number of unbranched alkanes of at least 4 members (excludes halogenated alkanes) is 5. The molecule has 0 amide bonds. The Labute approximate surface area is 118 Å². The van der Waals surface area contributed by atoms with E-state index in [1.807, 2.05) is 0 Å². The van der Waals surface area contributed by atoms with Crippen molar-refractivity contribution in [2.75, 3.05) is 0 Å². The highest BCUT2D eigenvalue weighted by Gasteiger charge is 2.03. The van der Waals surface area contributed by atoms with Gasteiger partial charge in [-0.25, -0.2) is 0 Å². The number of rotatable bonds is 13. The Balaban J connectivity index is 3.12. The standard InChI is InChI=1S/C11H28O4Si3/c1-10(17-15-18-14-16)8-6-4-2-3-5-7-9-11(12)13/h10H,2-9,17-18H2,1,16H3,(H,12,13). The van der Waals surface area contributed by atoms with Crippen LogP contribution in [0.1, 0.15) is 58.3 Å². The van der Waals surface area contributed by atoms with Crippen LogP contribution in [0.4, 0.5) is 0 Å². The first-order chi connectivity index (χ1) is 8.66. The molecule has 0 bridgehead atoms. The fourth-order valence-electron chi connectivity index (χ4n) is 1.89. The maximum absolute atomic E-state index is 10.3. The Morgan fingerprint density at radius 3 is 2.44 bits per heavy atom. The highest BCUT2D eigenvalue weighted by atomic mass is 28.3. The van der Waals surface area contributed by atoms with E-state index in [9.17, 15) is 4.79 Å². The summed E-state index contributed by atoms with van der Waals surface area (Å²) in [5.41, 5.74) is 0.779. The monoisotopic (exact) mass is 308 g/mol. The Morgan fingerprint density at radius 1 is 1.22 bits per heavy atom. The van der Waals surface area contributed by atoms with Crippen molar-refractivity contribution in [3.05, 3.63) is 0 Å². The van der Waals surface area contributed by atoms with E-state index in [0.717, 1.165) is 28.9 Å². The van der Waals surface area contributed by atoms with Crippen LogP contribution in [-0.4, -0.2) is 41.3 Å². The van der Waals surface area contributed by atoms with Crippen molar-refractivity contribution in [2.45, 2.75) is 63.8 Å². The van der Waals surface area contributed by atoms with E-state index < -0.39 is 16.0 Å². The maximum Gasteiger partial charge on any atom is 0.303 e. The normalized spacial score (nSPS) is 14.1. The predicted molar refractivity (Wildman–Crippen MR) is 83.2 cm³/mol. The zero-order chi connectivity index (χ0) is 13.6. The lowest BCUT2D eigenvalue weighted by Gasteiger charge is -2.10. The van der Waals surface area contributed by atoms with Gasteiger partial charge in [0.25, 0.3) is 10.0 Å². The van der Waals surface area contributed by atoms with Crippen molar-refractivity contribution in [1.29, 1.82) is 0 Å². The Morgan fingerprint density at radius 2 is 1.83 bits per heavy atom. The third-order valence-corrected chi connectivity index (χ3v) is 6.47. The van der Waals surface area contributed by atoms with Gasteiger partial charge in [0.2, 0.25) is 0 Å². The van der Waals surface area contributed by atoms with Crippen LogP contribution in [0.5, 0.6) is 0 Å². The molecule has 0 aromatic heterocycles. The molecule has 1 unspecified atom stereocenters. The van der Waals surface area contributed by atoms with Crippen LogP contribution in [0.3, 0.4) is 0 Å². The second-order valence-corrected chi connectivity index (χ2v) is 10.8. The van der Waals surface area contributed by atoms with Crippen LogP contribution in [0.25, 0.3) is 0 Å². The topological polar surface area (TPSA) is 55.8 Å². The molecule has 0 fully saturated rings. The van der Waals surface area contributed by atoms with Crippen molar-refractivity contribution < 1.29 is 18.1 Å². The van der Waals surface area contributed by atoms with Gasteiger partial charge < -0.3 is 13.3 Å². The van der Waals surface area contributed by atoms with E-state index in [0.29, 0.717) is 6.42 Å².